The van der Waals surface area contributed by atoms with Gasteiger partial charge in [0.15, 0.2) is 0 Å². The number of aryl methyl sites for hydroxylation is 2. The summed E-state index contributed by atoms with van der Waals surface area (Å²) in [5.41, 5.74) is 2.80. The number of hydrogen-bond donors (Lipinski definition) is 0. The summed E-state index contributed by atoms with van der Waals surface area (Å²) < 4.78 is 1.95. The van der Waals surface area contributed by atoms with Gasteiger partial charge in [0.05, 0.1) is 6.20 Å². The van der Waals surface area contributed by atoms with Crippen molar-refractivity contribution in [1.29, 1.82) is 0 Å². The van der Waals surface area contributed by atoms with Gasteiger partial charge in [0, 0.05) is 18.2 Å². The van der Waals surface area contributed by atoms with Crippen molar-refractivity contribution in [3.63, 3.8) is 0 Å². The summed E-state index contributed by atoms with van der Waals surface area (Å²) in [6, 6.07) is 0. The van der Waals surface area contributed by atoms with Gasteiger partial charge in [-0.25, -0.2) is 0 Å². The molecule has 1 aromatic rings. The lowest BCUT2D eigenvalue weighted by Gasteiger charge is -2.19. The topological polar surface area (TPSA) is 17.8 Å². The molecule has 0 saturated carbocycles. The monoisotopic (exact) mass is 152 g/mol. The lowest BCUT2D eigenvalue weighted by Crippen LogP contribution is -2.17. The van der Waals surface area contributed by atoms with Gasteiger partial charge in [0.2, 0.25) is 0 Å². The normalized spacial score (nSPS) is 12.1. The SMILES string of the molecule is Cc1cnn(C)c1C(C)(C)C. The maximum Gasteiger partial charge on any atom is 0.0521 e. The van der Waals surface area contributed by atoms with Crippen molar-refractivity contribution < 1.29 is 0 Å². The third-order valence-electron chi connectivity index (χ3n) is 1.83. The Morgan fingerprint density at radius 1 is 1.36 bits per heavy atom. The van der Waals surface area contributed by atoms with E-state index in [2.05, 4.69) is 32.8 Å². The van der Waals surface area contributed by atoms with E-state index in [0.717, 1.165) is 0 Å². The zero-order chi connectivity index (χ0) is 8.65. The molecule has 0 aliphatic heterocycles. The largest absolute Gasteiger partial charge is 0.272 e. The zero-order valence-electron chi connectivity index (χ0n) is 7.97. The number of aromatic nitrogens is 2. The first kappa shape index (κ1) is 8.31. The minimum absolute atomic E-state index is 0.204. The smallest absolute Gasteiger partial charge is 0.0521 e. The fourth-order valence-corrected chi connectivity index (χ4v) is 1.62. The summed E-state index contributed by atoms with van der Waals surface area (Å²) in [5, 5.41) is 4.20. The van der Waals surface area contributed by atoms with E-state index in [-0.39, 0.29) is 5.41 Å². The Morgan fingerprint density at radius 3 is 2.09 bits per heavy atom. The van der Waals surface area contributed by atoms with Crippen molar-refractivity contribution in [3.05, 3.63) is 17.5 Å². The maximum absolute atomic E-state index is 4.20. The average Bonchev–Trinajstić information content (AvgIpc) is 2.08. The van der Waals surface area contributed by atoms with E-state index in [1.165, 1.54) is 11.3 Å². The molecule has 0 saturated heterocycles. The fourth-order valence-electron chi connectivity index (χ4n) is 1.62. The highest BCUT2D eigenvalue weighted by Gasteiger charge is 2.19. The van der Waals surface area contributed by atoms with Crippen molar-refractivity contribution >= 4 is 0 Å². The van der Waals surface area contributed by atoms with Crippen LogP contribution in [0.3, 0.4) is 0 Å². The van der Waals surface area contributed by atoms with Crippen molar-refractivity contribution in [1.82, 2.24) is 9.78 Å². The van der Waals surface area contributed by atoms with Crippen molar-refractivity contribution in [2.45, 2.75) is 33.1 Å². The Labute approximate surface area is 68.2 Å². The van der Waals surface area contributed by atoms with E-state index in [9.17, 15) is 0 Å². The molecular formula is C9H16N2. The molecule has 0 atom stereocenters. The van der Waals surface area contributed by atoms with Crippen LogP contribution in [0.1, 0.15) is 32.0 Å². The Kier molecular flexibility index (Phi) is 1.78. The number of rotatable bonds is 0. The van der Waals surface area contributed by atoms with Crippen LogP contribution in [0.4, 0.5) is 0 Å². The Hall–Kier alpha value is -0.790. The molecule has 1 aromatic heterocycles. The van der Waals surface area contributed by atoms with Gasteiger partial charge < -0.3 is 0 Å². The molecule has 62 valence electrons. The molecule has 2 heteroatoms. The van der Waals surface area contributed by atoms with Crippen molar-refractivity contribution in [2.75, 3.05) is 0 Å². The lowest BCUT2D eigenvalue weighted by molar-refractivity contribution is 0.520. The predicted octanol–water partition coefficient (Wildman–Crippen LogP) is 2.03. The first-order valence-electron chi connectivity index (χ1n) is 3.92. The molecule has 0 aliphatic carbocycles. The van der Waals surface area contributed by atoms with Crippen molar-refractivity contribution in [3.8, 4) is 0 Å². The molecule has 1 rings (SSSR count). The quantitative estimate of drug-likeness (QED) is 0.556. The van der Waals surface area contributed by atoms with Gasteiger partial charge in [-0.05, 0) is 12.5 Å². The van der Waals surface area contributed by atoms with E-state index in [4.69, 9.17) is 0 Å². The van der Waals surface area contributed by atoms with Crippen LogP contribution in [0.15, 0.2) is 6.20 Å². The maximum atomic E-state index is 4.20. The van der Waals surface area contributed by atoms with Crippen LogP contribution in [-0.2, 0) is 12.5 Å². The van der Waals surface area contributed by atoms with Crippen LogP contribution in [0.2, 0.25) is 0 Å². The average molecular weight is 152 g/mol. The molecule has 0 spiro atoms. The molecule has 0 N–H and O–H groups in total. The summed E-state index contributed by atoms with van der Waals surface area (Å²) in [6.07, 6.45) is 1.92. The van der Waals surface area contributed by atoms with E-state index < -0.39 is 0 Å². The van der Waals surface area contributed by atoms with Gasteiger partial charge in [0.1, 0.15) is 0 Å². The molecule has 0 radical (unpaired) electrons. The highest BCUT2D eigenvalue weighted by molar-refractivity contribution is 5.22. The molecule has 11 heavy (non-hydrogen) atoms. The molecule has 0 aliphatic rings. The summed E-state index contributed by atoms with van der Waals surface area (Å²) in [6.45, 7) is 8.72. The van der Waals surface area contributed by atoms with Crippen LogP contribution >= 0.6 is 0 Å². The second-order valence-electron chi connectivity index (χ2n) is 4.05. The summed E-state index contributed by atoms with van der Waals surface area (Å²) in [7, 11) is 1.99. The Morgan fingerprint density at radius 2 is 1.91 bits per heavy atom. The molecule has 0 fully saturated rings. The number of nitrogens with zero attached hydrogens (tertiary/aromatic N) is 2. The van der Waals surface area contributed by atoms with Gasteiger partial charge in [0.25, 0.3) is 0 Å². The molecule has 0 aromatic carbocycles. The van der Waals surface area contributed by atoms with Crippen LogP contribution in [0.25, 0.3) is 0 Å². The molecule has 0 amide bonds. The zero-order valence-corrected chi connectivity index (χ0v) is 7.97. The van der Waals surface area contributed by atoms with Crippen LogP contribution in [-0.4, -0.2) is 9.78 Å². The van der Waals surface area contributed by atoms with Gasteiger partial charge in [-0.15, -0.1) is 0 Å². The second kappa shape index (κ2) is 2.36. The predicted molar refractivity (Wildman–Crippen MR) is 46.6 cm³/mol. The highest BCUT2D eigenvalue weighted by atomic mass is 15.3. The van der Waals surface area contributed by atoms with E-state index in [0.29, 0.717) is 0 Å². The molecule has 1 heterocycles. The molecule has 2 nitrogen and oxygen atoms in total. The third kappa shape index (κ3) is 1.44. The highest BCUT2D eigenvalue weighted by Crippen LogP contribution is 2.24. The van der Waals surface area contributed by atoms with Crippen LogP contribution in [0, 0.1) is 6.92 Å². The van der Waals surface area contributed by atoms with E-state index in [1.54, 1.807) is 0 Å². The minimum Gasteiger partial charge on any atom is -0.272 e. The van der Waals surface area contributed by atoms with E-state index >= 15 is 0 Å². The van der Waals surface area contributed by atoms with Crippen LogP contribution < -0.4 is 0 Å². The summed E-state index contributed by atoms with van der Waals surface area (Å²) in [5.74, 6) is 0. The van der Waals surface area contributed by atoms with E-state index in [1.807, 2.05) is 17.9 Å². The lowest BCUT2D eigenvalue weighted by atomic mass is 9.90. The molecule has 0 unspecified atom stereocenters. The summed E-state index contributed by atoms with van der Waals surface area (Å²) >= 11 is 0. The van der Waals surface area contributed by atoms with Gasteiger partial charge >= 0.3 is 0 Å². The van der Waals surface area contributed by atoms with Crippen LogP contribution in [0.5, 0.6) is 0 Å². The van der Waals surface area contributed by atoms with Gasteiger partial charge in [-0.1, -0.05) is 20.8 Å². The summed E-state index contributed by atoms with van der Waals surface area (Å²) in [4.78, 5) is 0. The Bertz CT molecular complexity index is 234. The third-order valence-corrected chi connectivity index (χ3v) is 1.83. The van der Waals surface area contributed by atoms with Gasteiger partial charge in [-0.2, -0.15) is 5.10 Å². The molecule has 0 bridgehead atoms. The molecular weight excluding hydrogens is 136 g/mol. The first-order valence-corrected chi connectivity index (χ1v) is 3.92. The number of hydrogen-bond acceptors (Lipinski definition) is 1. The second-order valence-corrected chi connectivity index (χ2v) is 4.05. The van der Waals surface area contributed by atoms with Crippen molar-refractivity contribution in [2.24, 2.45) is 7.05 Å². The fraction of sp³-hybridized carbons (Fsp3) is 0.667. The standard InChI is InChI=1S/C9H16N2/c1-7-6-10-11(5)8(7)9(2,3)4/h6H,1-5H3. The first-order chi connectivity index (χ1) is 4.93. The van der Waals surface area contributed by atoms with Gasteiger partial charge in [-0.3, -0.25) is 4.68 Å². The Balaban J connectivity index is 3.21. The minimum atomic E-state index is 0.204.